The molecule has 0 saturated carbocycles. The number of carbonyl (C=O) groups is 2. The van der Waals surface area contributed by atoms with E-state index in [1.54, 1.807) is 66.5 Å². The summed E-state index contributed by atoms with van der Waals surface area (Å²) >= 11 is 12.4. The highest BCUT2D eigenvalue weighted by molar-refractivity contribution is 7.89. The van der Waals surface area contributed by atoms with Crippen molar-refractivity contribution in [3.63, 3.8) is 0 Å². The Morgan fingerprint density at radius 3 is 2.45 bits per heavy atom. The highest BCUT2D eigenvalue weighted by Crippen LogP contribution is 2.31. The Labute approximate surface area is 268 Å². The SMILES string of the molecule is CNC(=O)CCCC1CCN(C(=O)N(Cc2cccc(C(=N)N)c2)NS(=O)(=O)c2cccc(-c3ccc(Cl)cc3Cl)c2)CC1. The highest BCUT2D eigenvalue weighted by atomic mass is 35.5. The van der Waals surface area contributed by atoms with E-state index in [1.807, 2.05) is 0 Å². The number of hydrogen-bond donors (Lipinski definition) is 4. The second-order valence-corrected chi connectivity index (χ2v) is 13.2. The van der Waals surface area contributed by atoms with Crippen LogP contribution in [0.25, 0.3) is 11.1 Å². The van der Waals surface area contributed by atoms with Gasteiger partial charge in [0.2, 0.25) is 5.91 Å². The van der Waals surface area contributed by atoms with Crippen LogP contribution in [0, 0.1) is 11.3 Å². The van der Waals surface area contributed by atoms with E-state index < -0.39 is 16.1 Å². The number of rotatable bonds is 11. The molecule has 3 aromatic carbocycles. The highest BCUT2D eigenvalue weighted by Gasteiger charge is 2.30. The van der Waals surface area contributed by atoms with Gasteiger partial charge in [0.1, 0.15) is 5.84 Å². The summed E-state index contributed by atoms with van der Waals surface area (Å²) in [7, 11) is -2.60. The van der Waals surface area contributed by atoms with Crippen molar-refractivity contribution in [2.45, 2.75) is 43.5 Å². The molecule has 0 unspecified atom stereocenters. The number of nitrogen functional groups attached to an aromatic ring is 1. The number of likely N-dealkylation sites (tertiary alicyclic amines) is 1. The molecule has 0 radical (unpaired) electrons. The van der Waals surface area contributed by atoms with Gasteiger partial charge in [0, 0.05) is 47.7 Å². The summed E-state index contributed by atoms with van der Waals surface area (Å²) in [6.45, 7) is 0.827. The lowest BCUT2D eigenvalue weighted by molar-refractivity contribution is -0.120. The molecule has 1 aliphatic rings. The van der Waals surface area contributed by atoms with Crippen LogP contribution in [-0.2, 0) is 21.4 Å². The van der Waals surface area contributed by atoms with Crippen LogP contribution in [-0.4, -0.2) is 56.2 Å². The zero-order chi connectivity index (χ0) is 31.9. The predicted molar refractivity (Wildman–Crippen MR) is 173 cm³/mol. The molecule has 13 heteroatoms. The predicted octanol–water partition coefficient (Wildman–Crippen LogP) is 5.39. The molecule has 44 heavy (non-hydrogen) atoms. The topological polar surface area (TPSA) is 149 Å². The van der Waals surface area contributed by atoms with Crippen LogP contribution in [0.15, 0.2) is 71.6 Å². The Balaban J connectivity index is 1.55. The van der Waals surface area contributed by atoms with E-state index in [-0.39, 0.29) is 23.2 Å². The second kappa shape index (κ2) is 14.9. The first-order chi connectivity index (χ1) is 21.0. The van der Waals surface area contributed by atoms with Crippen molar-refractivity contribution in [2.24, 2.45) is 11.7 Å². The van der Waals surface area contributed by atoms with E-state index in [2.05, 4.69) is 10.1 Å². The summed E-state index contributed by atoms with van der Waals surface area (Å²) in [5.74, 6) is 0.251. The number of carbonyl (C=O) groups excluding carboxylic acids is 2. The van der Waals surface area contributed by atoms with Crippen molar-refractivity contribution in [1.82, 2.24) is 20.1 Å². The molecule has 4 rings (SSSR count). The number of amides is 3. The molecule has 1 fully saturated rings. The van der Waals surface area contributed by atoms with Gasteiger partial charge in [0.25, 0.3) is 10.0 Å². The van der Waals surface area contributed by atoms with E-state index in [9.17, 15) is 18.0 Å². The fourth-order valence-electron chi connectivity index (χ4n) is 5.17. The molecule has 5 N–H and O–H groups in total. The maximum absolute atomic E-state index is 13.8. The van der Waals surface area contributed by atoms with Gasteiger partial charge >= 0.3 is 6.03 Å². The smallest absolute Gasteiger partial charge is 0.335 e. The lowest BCUT2D eigenvalue weighted by atomic mass is 9.91. The number of amidine groups is 1. The lowest BCUT2D eigenvalue weighted by Gasteiger charge is -2.35. The van der Waals surface area contributed by atoms with Crippen molar-refractivity contribution < 1.29 is 18.0 Å². The fourth-order valence-corrected chi connectivity index (χ4v) is 6.77. The largest absolute Gasteiger partial charge is 0.384 e. The van der Waals surface area contributed by atoms with Crippen LogP contribution in [0.1, 0.15) is 43.2 Å². The minimum Gasteiger partial charge on any atom is -0.384 e. The number of piperidine rings is 1. The third-order valence-electron chi connectivity index (χ3n) is 7.61. The third kappa shape index (κ3) is 8.72. The summed E-state index contributed by atoms with van der Waals surface area (Å²) in [5.41, 5.74) is 7.90. The number of sulfonamides is 1. The van der Waals surface area contributed by atoms with Crippen LogP contribution in [0.3, 0.4) is 0 Å². The van der Waals surface area contributed by atoms with Gasteiger partial charge in [-0.3, -0.25) is 10.2 Å². The summed E-state index contributed by atoms with van der Waals surface area (Å²) in [6.07, 6.45) is 3.64. The maximum Gasteiger partial charge on any atom is 0.335 e. The number of hydrogen-bond acceptors (Lipinski definition) is 5. The third-order valence-corrected chi connectivity index (χ3v) is 9.49. The summed E-state index contributed by atoms with van der Waals surface area (Å²) < 4.78 is 27.4. The molecule has 0 aromatic heterocycles. The van der Waals surface area contributed by atoms with E-state index in [0.717, 1.165) is 30.7 Å². The Bertz CT molecular complexity index is 1630. The van der Waals surface area contributed by atoms with E-state index >= 15 is 0 Å². The molecule has 0 atom stereocenters. The molecule has 1 saturated heterocycles. The first-order valence-corrected chi connectivity index (χ1v) is 16.5. The van der Waals surface area contributed by atoms with Crippen LogP contribution in [0.5, 0.6) is 0 Å². The van der Waals surface area contributed by atoms with Gasteiger partial charge in [0.05, 0.1) is 11.4 Å². The monoisotopic (exact) mass is 658 g/mol. The standard InChI is InChI=1S/C31H36Cl2N6O4S/c1-36-29(40)10-3-5-21-13-15-38(16-14-21)31(41)39(20-22-6-2-8-24(17-22)30(34)35)37-44(42,43)26-9-4-7-23(18-26)27-12-11-25(32)19-28(27)33/h2,4,6-9,11-12,17-19,21,37H,3,5,10,13-16,20H2,1H3,(H3,34,35)(H,36,40). The molecule has 3 aromatic rings. The molecule has 1 aliphatic heterocycles. The van der Waals surface area contributed by atoms with Gasteiger partial charge in [-0.05, 0) is 73.1 Å². The lowest BCUT2D eigenvalue weighted by Crippen LogP contribution is -2.53. The molecule has 1 heterocycles. The second-order valence-electron chi connectivity index (χ2n) is 10.7. The molecule has 3 amide bonds. The van der Waals surface area contributed by atoms with Crippen molar-refractivity contribution in [3.05, 3.63) is 87.9 Å². The average Bonchev–Trinajstić information content (AvgIpc) is 3.00. The molecule has 0 spiro atoms. The van der Waals surface area contributed by atoms with E-state index in [1.165, 1.54) is 12.1 Å². The van der Waals surface area contributed by atoms with Crippen molar-refractivity contribution in [1.29, 1.82) is 5.41 Å². The van der Waals surface area contributed by atoms with E-state index in [0.29, 0.717) is 57.7 Å². The molecule has 0 aliphatic carbocycles. The first-order valence-electron chi connectivity index (χ1n) is 14.2. The Morgan fingerprint density at radius 1 is 1.05 bits per heavy atom. The van der Waals surface area contributed by atoms with Crippen LogP contribution in [0.4, 0.5) is 4.79 Å². The van der Waals surface area contributed by atoms with Crippen LogP contribution < -0.4 is 15.9 Å². The zero-order valence-corrected chi connectivity index (χ0v) is 26.7. The summed E-state index contributed by atoms with van der Waals surface area (Å²) in [6, 6.07) is 17.5. The number of halogens is 2. The normalized spacial score (nSPS) is 13.8. The fraction of sp³-hybridized carbons (Fsp3) is 0.323. The molecular formula is C31H36Cl2N6O4S. The quantitative estimate of drug-likeness (QED) is 0.124. The van der Waals surface area contributed by atoms with Gasteiger partial charge in [0.15, 0.2) is 0 Å². The minimum atomic E-state index is -4.22. The molecular weight excluding hydrogens is 623 g/mol. The Kier molecular flexibility index (Phi) is 11.3. The van der Waals surface area contributed by atoms with Gasteiger partial charge in [-0.2, -0.15) is 0 Å². The number of urea groups is 1. The van der Waals surface area contributed by atoms with Crippen LogP contribution in [0.2, 0.25) is 10.0 Å². The Hall–Kier alpha value is -3.64. The van der Waals surface area contributed by atoms with Gasteiger partial charge < -0.3 is 16.0 Å². The van der Waals surface area contributed by atoms with E-state index in [4.69, 9.17) is 34.3 Å². The van der Waals surface area contributed by atoms with Gasteiger partial charge in [-0.25, -0.2) is 18.2 Å². The first kappa shape index (κ1) is 33.3. The van der Waals surface area contributed by atoms with Crippen molar-refractivity contribution in [2.75, 3.05) is 20.1 Å². The zero-order valence-electron chi connectivity index (χ0n) is 24.4. The number of hydrazine groups is 1. The molecule has 234 valence electrons. The van der Waals surface area contributed by atoms with Crippen LogP contribution >= 0.6 is 23.2 Å². The maximum atomic E-state index is 13.8. The Morgan fingerprint density at radius 2 is 1.77 bits per heavy atom. The van der Waals surface area contributed by atoms with Gasteiger partial charge in [-0.15, -0.1) is 4.83 Å². The molecule has 0 bridgehead atoms. The van der Waals surface area contributed by atoms with Crippen molar-refractivity contribution in [3.8, 4) is 11.1 Å². The summed E-state index contributed by atoms with van der Waals surface area (Å²) in [4.78, 5) is 29.5. The number of benzene rings is 3. The number of nitrogens with one attached hydrogen (secondary N) is 3. The summed E-state index contributed by atoms with van der Waals surface area (Å²) in [5, 5.41) is 12.3. The minimum absolute atomic E-state index is 0.0104. The number of nitrogens with two attached hydrogens (primary N) is 1. The van der Waals surface area contributed by atoms with Gasteiger partial charge in [-0.1, -0.05) is 59.6 Å². The number of nitrogens with zero attached hydrogens (tertiary/aromatic N) is 2. The average molecular weight is 660 g/mol. The van der Waals surface area contributed by atoms with Crippen molar-refractivity contribution >= 4 is 51.0 Å². The molecule has 10 nitrogen and oxygen atoms in total.